The van der Waals surface area contributed by atoms with Gasteiger partial charge in [-0.2, -0.15) is 0 Å². The molecule has 3 amide bonds. The standard InChI is InChI=1S/C18H20N4O5S/c1-11-9-15(21-27-11)20-17(24)12(2)28-10-16(23)19-13-5-3-4-6-14(13)22-7-8-26-18(22)25/h3-6,9,12H,7-8,10H2,1-2H3,(H,19,23)(H,20,21,24). The third-order valence-electron chi connectivity index (χ3n) is 3.94. The van der Waals surface area contributed by atoms with Gasteiger partial charge in [0.1, 0.15) is 12.4 Å². The topological polar surface area (TPSA) is 114 Å². The minimum Gasteiger partial charge on any atom is -0.447 e. The van der Waals surface area contributed by atoms with E-state index in [4.69, 9.17) is 9.26 Å². The van der Waals surface area contributed by atoms with Gasteiger partial charge in [0.25, 0.3) is 0 Å². The molecule has 0 bridgehead atoms. The molecule has 1 aromatic heterocycles. The lowest BCUT2D eigenvalue weighted by Crippen LogP contribution is -2.27. The number of cyclic esters (lactones) is 1. The third-order valence-corrected chi connectivity index (χ3v) is 5.09. The summed E-state index contributed by atoms with van der Waals surface area (Å²) in [6.07, 6.45) is -0.440. The zero-order chi connectivity index (χ0) is 20.1. The van der Waals surface area contributed by atoms with Crippen molar-refractivity contribution in [3.8, 4) is 0 Å². The number of rotatable bonds is 7. The summed E-state index contributed by atoms with van der Waals surface area (Å²) in [7, 11) is 0. The fourth-order valence-corrected chi connectivity index (χ4v) is 3.23. The van der Waals surface area contributed by atoms with Crippen molar-refractivity contribution in [1.82, 2.24) is 5.16 Å². The van der Waals surface area contributed by atoms with E-state index in [-0.39, 0.29) is 17.6 Å². The molecule has 1 fully saturated rings. The van der Waals surface area contributed by atoms with Gasteiger partial charge in [0.05, 0.1) is 28.9 Å². The number of aromatic nitrogens is 1. The van der Waals surface area contributed by atoms with Crippen molar-refractivity contribution in [3.63, 3.8) is 0 Å². The normalized spacial score (nSPS) is 14.5. The van der Waals surface area contributed by atoms with Crippen LogP contribution in [0, 0.1) is 6.92 Å². The third kappa shape index (κ3) is 4.83. The predicted octanol–water partition coefficient (Wildman–Crippen LogP) is 2.64. The van der Waals surface area contributed by atoms with Gasteiger partial charge in [0, 0.05) is 6.07 Å². The number of nitrogens with one attached hydrogen (secondary N) is 2. The number of ether oxygens (including phenoxy) is 1. The lowest BCUT2D eigenvalue weighted by atomic mass is 10.2. The minimum absolute atomic E-state index is 0.0746. The molecule has 1 aliphatic heterocycles. The van der Waals surface area contributed by atoms with Crippen LogP contribution in [0.5, 0.6) is 0 Å². The minimum atomic E-state index is -0.466. The highest BCUT2D eigenvalue weighted by atomic mass is 32.2. The van der Waals surface area contributed by atoms with Crippen LogP contribution in [0.4, 0.5) is 22.0 Å². The van der Waals surface area contributed by atoms with Gasteiger partial charge >= 0.3 is 6.09 Å². The maximum absolute atomic E-state index is 12.3. The van der Waals surface area contributed by atoms with Gasteiger partial charge in [-0.05, 0) is 26.0 Å². The number of thioether (sulfide) groups is 1. The molecule has 2 N–H and O–H groups in total. The Morgan fingerprint density at radius 2 is 2.11 bits per heavy atom. The average molecular weight is 404 g/mol. The molecular formula is C18H20N4O5S. The molecule has 0 radical (unpaired) electrons. The summed E-state index contributed by atoms with van der Waals surface area (Å²) < 4.78 is 9.85. The van der Waals surface area contributed by atoms with E-state index < -0.39 is 11.3 Å². The van der Waals surface area contributed by atoms with Crippen LogP contribution in [0.1, 0.15) is 12.7 Å². The van der Waals surface area contributed by atoms with E-state index in [9.17, 15) is 14.4 Å². The van der Waals surface area contributed by atoms with Crippen molar-refractivity contribution in [1.29, 1.82) is 0 Å². The average Bonchev–Trinajstić information content (AvgIpc) is 3.28. The Morgan fingerprint density at radius 1 is 1.32 bits per heavy atom. The number of hydrogen-bond donors (Lipinski definition) is 2. The quantitative estimate of drug-likeness (QED) is 0.729. The van der Waals surface area contributed by atoms with Crippen molar-refractivity contribution in [2.45, 2.75) is 19.1 Å². The maximum atomic E-state index is 12.3. The highest BCUT2D eigenvalue weighted by molar-refractivity contribution is 8.01. The molecule has 1 aliphatic rings. The Morgan fingerprint density at radius 3 is 2.79 bits per heavy atom. The van der Waals surface area contributed by atoms with Gasteiger partial charge in [-0.3, -0.25) is 14.5 Å². The highest BCUT2D eigenvalue weighted by Gasteiger charge is 2.26. The van der Waals surface area contributed by atoms with E-state index in [1.54, 1.807) is 44.2 Å². The summed E-state index contributed by atoms with van der Waals surface area (Å²) in [6.45, 7) is 4.17. The Kier molecular flexibility index (Phi) is 6.19. The van der Waals surface area contributed by atoms with Crippen LogP contribution in [0.25, 0.3) is 0 Å². The van der Waals surface area contributed by atoms with E-state index in [2.05, 4.69) is 15.8 Å². The van der Waals surface area contributed by atoms with E-state index in [0.29, 0.717) is 36.1 Å². The van der Waals surface area contributed by atoms with Crippen LogP contribution in [-0.2, 0) is 14.3 Å². The molecule has 2 heterocycles. The number of nitrogens with zero attached hydrogens (tertiary/aromatic N) is 2. The molecule has 1 aromatic carbocycles. The van der Waals surface area contributed by atoms with E-state index in [1.807, 2.05) is 0 Å². The van der Waals surface area contributed by atoms with Crippen molar-refractivity contribution in [3.05, 3.63) is 36.1 Å². The van der Waals surface area contributed by atoms with E-state index in [1.165, 1.54) is 16.7 Å². The van der Waals surface area contributed by atoms with Crippen molar-refractivity contribution in [2.75, 3.05) is 34.4 Å². The SMILES string of the molecule is Cc1cc(NC(=O)C(C)SCC(=O)Nc2ccccc2N2CCOC2=O)no1. The first-order chi connectivity index (χ1) is 13.4. The Labute approximate surface area is 165 Å². The Hall–Kier alpha value is -3.01. The van der Waals surface area contributed by atoms with Gasteiger partial charge in [-0.25, -0.2) is 4.79 Å². The van der Waals surface area contributed by atoms with E-state index in [0.717, 1.165) is 0 Å². The summed E-state index contributed by atoms with van der Waals surface area (Å²) in [5.41, 5.74) is 1.10. The zero-order valence-corrected chi connectivity index (χ0v) is 16.2. The lowest BCUT2D eigenvalue weighted by molar-refractivity contribution is -0.115. The lowest BCUT2D eigenvalue weighted by Gasteiger charge is -2.18. The van der Waals surface area contributed by atoms with Gasteiger partial charge in [0.2, 0.25) is 11.8 Å². The number of benzene rings is 1. The monoisotopic (exact) mass is 404 g/mol. The van der Waals surface area contributed by atoms with Crippen LogP contribution in [0.3, 0.4) is 0 Å². The molecule has 1 atom stereocenters. The number of carbonyl (C=O) groups is 3. The fourth-order valence-electron chi connectivity index (χ4n) is 2.54. The predicted molar refractivity (Wildman–Crippen MR) is 106 cm³/mol. The summed E-state index contributed by atoms with van der Waals surface area (Å²) in [5, 5.41) is 8.66. The van der Waals surface area contributed by atoms with Gasteiger partial charge in [-0.15, -0.1) is 11.8 Å². The van der Waals surface area contributed by atoms with Crippen molar-refractivity contribution < 1.29 is 23.6 Å². The summed E-state index contributed by atoms with van der Waals surface area (Å²) >= 11 is 1.19. The van der Waals surface area contributed by atoms with Crippen LogP contribution >= 0.6 is 11.8 Å². The van der Waals surface area contributed by atoms with Crippen LogP contribution in [0.15, 0.2) is 34.9 Å². The number of anilines is 3. The van der Waals surface area contributed by atoms with Gasteiger partial charge in [0.15, 0.2) is 5.82 Å². The summed E-state index contributed by atoms with van der Waals surface area (Å²) in [6, 6.07) is 8.62. The number of aryl methyl sites for hydroxylation is 1. The zero-order valence-electron chi connectivity index (χ0n) is 15.4. The Balaban J connectivity index is 1.53. The largest absolute Gasteiger partial charge is 0.447 e. The van der Waals surface area contributed by atoms with E-state index >= 15 is 0 Å². The van der Waals surface area contributed by atoms with Crippen molar-refractivity contribution in [2.24, 2.45) is 0 Å². The number of para-hydroxylation sites is 2. The molecule has 28 heavy (non-hydrogen) atoms. The molecule has 2 aromatic rings. The van der Waals surface area contributed by atoms with Gasteiger partial charge < -0.3 is 19.9 Å². The van der Waals surface area contributed by atoms with Crippen molar-refractivity contribution >= 4 is 46.9 Å². The highest BCUT2D eigenvalue weighted by Crippen LogP contribution is 2.28. The van der Waals surface area contributed by atoms with Crippen LogP contribution < -0.4 is 15.5 Å². The Bertz CT molecular complexity index is 884. The van der Waals surface area contributed by atoms with Crippen LogP contribution in [0.2, 0.25) is 0 Å². The molecule has 148 valence electrons. The fraction of sp³-hybridized carbons (Fsp3) is 0.333. The van der Waals surface area contributed by atoms with Gasteiger partial charge in [-0.1, -0.05) is 17.3 Å². The first-order valence-corrected chi connectivity index (χ1v) is 9.68. The second-order valence-corrected chi connectivity index (χ2v) is 7.43. The maximum Gasteiger partial charge on any atom is 0.414 e. The molecule has 3 rings (SSSR count). The molecular weight excluding hydrogens is 384 g/mol. The second-order valence-electron chi connectivity index (χ2n) is 6.10. The number of amides is 3. The molecule has 0 aliphatic carbocycles. The molecule has 9 nitrogen and oxygen atoms in total. The van der Waals surface area contributed by atoms with Crippen LogP contribution in [-0.4, -0.2) is 47.2 Å². The second kappa shape index (κ2) is 8.79. The number of hydrogen-bond acceptors (Lipinski definition) is 7. The molecule has 0 saturated carbocycles. The number of carbonyl (C=O) groups excluding carboxylic acids is 3. The molecule has 1 saturated heterocycles. The molecule has 10 heteroatoms. The first-order valence-electron chi connectivity index (χ1n) is 8.63. The summed E-state index contributed by atoms with van der Waals surface area (Å²) in [5.74, 6) is 0.459. The smallest absolute Gasteiger partial charge is 0.414 e. The molecule has 0 spiro atoms. The molecule has 1 unspecified atom stereocenters. The summed E-state index contributed by atoms with van der Waals surface area (Å²) in [4.78, 5) is 37.7. The first kappa shape index (κ1) is 19.7.